The van der Waals surface area contributed by atoms with Gasteiger partial charge in [-0.2, -0.15) is 0 Å². The molecule has 0 aromatic heterocycles. The van der Waals surface area contributed by atoms with Gasteiger partial charge in [0.2, 0.25) is 0 Å². The maximum absolute atomic E-state index is 13.2. The zero-order valence-electron chi connectivity index (χ0n) is 13.3. The number of amides is 1. The summed E-state index contributed by atoms with van der Waals surface area (Å²) >= 11 is 3.47. The lowest BCUT2D eigenvalue weighted by molar-refractivity contribution is -0.133. The molecule has 0 unspecified atom stereocenters. The van der Waals surface area contributed by atoms with Crippen molar-refractivity contribution in [1.82, 2.24) is 4.90 Å². The fourth-order valence-electron chi connectivity index (χ4n) is 3.16. The highest BCUT2D eigenvalue weighted by molar-refractivity contribution is 9.10. The second kappa shape index (κ2) is 5.67. The van der Waals surface area contributed by atoms with Crippen molar-refractivity contribution < 1.29 is 9.53 Å². The highest BCUT2D eigenvalue weighted by Crippen LogP contribution is 2.47. The predicted octanol–water partition coefficient (Wildman–Crippen LogP) is 2.94. The molecule has 0 aliphatic carbocycles. The molecule has 2 aliphatic heterocycles. The van der Waals surface area contributed by atoms with Crippen LogP contribution in [-0.4, -0.2) is 29.4 Å². The van der Waals surface area contributed by atoms with Gasteiger partial charge in [0.05, 0.1) is 0 Å². The number of aliphatic imine (C=N–C) groups is 1. The summed E-state index contributed by atoms with van der Waals surface area (Å²) in [6.45, 7) is 8.46. The van der Waals surface area contributed by atoms with Crippen molar-refractivity contribution >= 4 is 27.8 Å². The number of carbonyl (C=O) groups is 1. The Bertz CT molecular complexity index is 716. The zero-order valence-corrected chi connectivity index (χ0v) is 14.9. The maximum Gasteiger partial charge on any atom is 0.262 e. The lowest BCUT2D eigenvalue weighted by Crippen LogP contribution is -2.47. The van der Waals surface area contributed by atoms with Crippen LogP contribution in [0.5, 0.6) is 5.75 Å². The summed E-state index contributed by atoms with van der Waals surface area (Å²) in [5, 5.41) is 0. The Morgan fingerprint density at radius 1 is 1.61 bits per heavy atom. The van der Waals surface area contributed by atoms with Crippen LogP contribution in [-0.2, 0) is 10.3 Å². The highest BCUT2D eigenvalue weighted by atomic mass is 79.9. The van der Waals surface area contributed by atoms with E-state index in [9.17, 15) is 4.79 Å². The van der Waals surface area contributed by atoms with Gasteiger partial charge >= 0.3 is 0 Å². The molecule has 122 valence electrons. The van der Waals surface area contributed by atoms with E-state index in [1.807, 2.05) is 32.0 Å². The van der Waals surface area contributed by atoms with Crippen molar-refractivity contribution in [3.05, 3.63) is 40.4 Å². The van der Waals surface area contributed by atoms with Crippen LogP contribution in [0.3, 0.4) is 0 Å². The summed E-state index contributed by atoms with van der Waals surface area (Å²) in [7, 11) is 0. The van der Waals surface area contributed by atoms with E-state index in [4.69, 9.17) is 10.5 Å². The molecule has 23 heavy (non-hydrogen) atoms. The molecule has 5 nitrogen and oxygen atoms in total. The number of rotatable bonds is 3. The first-order valence-corrected chi connectivity index (χ1v) is 8.47. The Balaban J connectivity index is 2.16. The van der Waals surface area contributed by atoms with Gasteiger partial charge in [0.15, 0.2) is 11.5 Å². The molecule has 2 aliphatic rings. The molecule has 0 saturated carbocycles. The topological polar surface area (TPSA) is 67.9 Å². The Morgan fingerprint density at radius 2 is 2.35 bits per heavy atom. The van der Waals surface area contributed by atoms with Crippen LogP contribution in [0.1, 0.15) is 32.3 Å². The first kappa shape index (κ1) is 16.1. The van der Waals surface area contributed by atoms with Crippen molar-refractivity contribution in [1.29, 1.82) is 0 Å². The summed E-state index contributed by atoms with van der Waals surface area (Å²) in [4.78, 5) is 19.3. The minimum atomic E-state index is -1.01. The van der Waals surface area contributed by atoms with E-state index < -0.39 is 5.54 Å². The molecule has 2 atom stereocenters. The van der Waals surface area contributed by atoms with Crippen molar-refractivity contribution in [2.24, 2.45) is 10.7 Å². The van der Waals surface area contributed by atoms with Crippen LogP contribution in [0.4, 0.5) is 0 Å². The van der Waals surface area contributed by atoms with E-state index in [0.29, 0.717) is 18.7 Å². The number of nitrogens with zero attached hydrogens (tertiary/aromatic N) is 2. The van der Waals surface area contributed by atoms with Gasteiger partial charge in [-0.25, -0.2) is 4.99 Å². The van der Waals surface area contributed by atoms with Gasteiger partial charge in [0.25, 0.3) is 5.91 Å². The minimum absolute atomic E-state index is 0.0780. The molecular formula is C17H20BrN3O2. The molecule has 1 spiro atoms. The molecular weight excluding hydrogens is 358 g/mol. The number of guanidine groups is 1. The monoisotopic (exact) mass is 377 g/mol. The van der Waals surface area contributed by atoms with Crippen LogP contribution in [0, 0.1) is 0 Å². The Labute approximate surface area is 144 Å². The van der Waals surface area contributed by atoms with E-state index >= 15 is 0 Å². The normalized spacial score (nSPS) is 26.0. The van der Waals surface area contributed by atoms with Crippen LogP contribution < -0.4 is 10.5 Å². The molecule has 1 aromatic carbocycles. The molecule has 0 bridgehead atoms. The molecule has 0 radical (unpaired) electrons. The van der Waals surface area contributed by atoms with Crippen molar-refractivity contribution in [2.75, 3.05) is 6.54 Å². The Morgan fingerprint density at radius 3 is 3.00 bits per heavy atom. The van der Waals surface area contributed by atoms with Gasteiger partial charge in [-0.1, -0.05) is 29.4 Å². The third-order valence-corrected chi connectivity index (χ3v) is 4.81. The third-order valence-electron chi connectivity index (χ3n) is 4.31. The number of carbonyl (C=O) groups excluding carboxylic acids is 1. The zero-order chi connectivity index (χ0) is 16.8. The quantitative estimate of drug-likeness (QED) is 0.823. The number of hydrogen-bond donors (Lipinski definition) is 1. The van der Waals surface area contributed by atoms with E-state index in [0.717, 1.165) is 22.0 Å². The first-order chi connectivity index (χ1) is 10.9. The second-order valence-corrected chi connectivity index (χ2v) is 7.00. The van der Waals surface area contributed by atoms with Gasteiger partial charge in [0.1, 0.15) is 11.9 Å². The number of nitrogens with two attached hydrogens (primary N) is 1. The van der Waals surface area contributed by atoms with E-state index in [1.54, 1.807) is 4.90 Å². The van der Waals surface area contributed by atoms with Crippen LogP contribution in [0.15, 0.2) is 39.8 Å². The standard InChI is InChI=1S/C17H20BrN3O2/c1-4-7-21-15(22)17(20-16(21)19)9-14(10(2)3)23-13-6-5-11(18)8-12(13)17/h5-6,8,14H,2,4,7,9H2,1,3H3,(H2,19,20)/t14-,17+/m1/s1. The maximum atomic E-state index is 13.2. The summed E-state index contributed by atoms with van der Waals surface area (Å²) in [6, 6.07) is 5.65. The van der Waals surface area contributed by atoms with E-state index in [1.165, 1.54) is 0 Å². The van der Waals surface area contributed by atoms with Crippen LogP contribution >= 0.6 is 15.9 Å². The van der Waals surface area contributed by atoms with Gasteiger partial charge in [-0.3, -0.25) is 9.69 Å². The minimum Gasteiger partial charge on any atom is -0.486 e. The van der Waals surface area contributed by atoms with Crippen LogP contribution in [0.2, 0.25) is 0 Å². The summed E-state index contributed by atoms with van der Waals surface area (Å²) < 4.78 is 6.89. The Hall–Kier alpha value is -1.82. The fourth-order valence-corrected chi connectivity index (χ4v) is 3.52. The van der Waals surface area contributed by atoms with Gasteiger partial charge < -0.3 is 10.5 Å². The Kier molecular flexibility index (Phi) is 3.96. The smallest absolute Gasteiger partial charge is 0.262 e. The number of halogens is 1. The van der Waals surface area contributed by atoms with E-state index in [-0.39, 0.29) is 18.0 Å². The van der Waals surface area contributed by atoms with Crippen molar-refractivity contribution in [3.63, 3.8) is 0 Å². The average Bonchev–Trinajstić information content (AvgIpc) is 2.73. The number of ether oxygens (including phenoxy) is 1. The van der Waals surface area contributed by atoms with Gasteiger partial charge in [-0.05, 0) is 37.1 Å². The predicted molar refractivity (Wildman–Crippen MR) is 93.3 cm³/mol. The fraction of sp³-hybridized carbons (Fsp3) is 0.412. The largest absolute Gasteiger partial charge is 0.486 e. The third kappa shape index (κ3) is 2.45. The molecule has 1 amide bonds. The summed E-state index contributed by atoms with van der Waals surface area (Å²) in [5.41, 5.74) is 6.67. The van der Waals surface area contributed by atoms with Crippen LogP contribution in [0.25, 0.3) is 0 Å². The molecule has 3 rings (SSSR count). The molecule has 0 fully saturated rings. The summed E-state index contributed by atoms with van der Waals surface area (Å²) in [5.74, 6) is 0.867. The SMILES string of the molecule is C=C(C)[C@H]1C[C@]2(N=C(N)N(CCC)C2=O)c2cc(Br)ccc2O1. The van der Waals surface area contributed by atoms with Gasteiger partial charge in [-0.15, -0.1) is 0 Å². The summed E-state index contributed by atoms with van der Waals surface area (Å²) in [6.07, 6.45) is 0.987. The first-order valence-electron chi connectivity index (χ1n) is 7.68. The molecule has 0 saturated heterocycles. The second-order valence-electron chi connectivity index (χ2n) is 6.08. The number of hydrogen-bond acceptors (Lipinski definition) is 4. The van der Waals surface area contributed by atoms with Crippen molar-refractivity contribution in [3.8, 4) is 5.75 Å². The lowest BCUT2D eigenvalue weighted by atomic mass is 9.80. The molecule has 2 N–H and O–H groups in total. The molecule has 2 heterocycles. The lowest BCUT2D eigenvalue weighted by Gasteiger charge is -2.37. The molecule has 1 aromatic rings. The molecule has 6 heteroatoms. The average molecular weight is 378 g/mol. The van der Waals surface area contributed by atoms with Crippen molar-refractivity contribution in [2.45, 2.75) is 38.3 Å². The van der Waals surface area contributed by atoms with Gasteiger partial charge in [0, 0.05) is 23.0 Å². The van der Waals surface area contributed by atoms with E-state index in [2.05, 4.69) is 27.5 Å². The number of fused-ring (bicyclic) bond motifs is 2. The highest BCUT2D eigenvalue weighted by Gasteiger charge is 2.54. The number of benzene rings is 1.